The van der Waals surface area contributed by atoms with Crippen LogP contribution in [0, 0.1) is 6.92 Å². The fourth-order valence-corrected chi connectivity index (χ4v) is 4.78. The Morgan fingerprint density at radius 2 is 2.06 bits per heavy atom. The zero-order chi connectivity index (χ0) is 24.7. The topological polar surface area (TPSA) is 122 Å². The first kappa shape index (κ1) is 23.1. The number of nitrogens with one attached hydrogen (secondary N) is 2. The van der Waals surface area contributed by atoms with E-state index in [1.54, 1.807) is 7.11 Å². The molecule has 2 aromatic heterocycles. The van der Waals surface area contributed by atoms with E-state index in [1.165, 1.54) is 0 Å². The molecule has 0 spiro atoms. The molecule has 10 nitrogen and oxygen atoms in total. The Balaban J connectivity index is 1.24. The minimum absolute atomic E-state index is 0.0761. The number of anilines is 2. The second-order valence-corrected chi connectivity index (χ2v) is 9.19. The van der Waals surface area contributed by atoms with E-state index < -0.39 is 0 Å². The van der Waals surface area contributed by atoms with E-state index in [2.05, 4.69) is 37.6 Å². The van der Waals surface area contributed by atoms with Crippen LogP contribution in [-0.2, 0) is 9.59 Å². The third-order valence-electron chi connectivity index (χ3n) is 6.55. The number of hydrogen-bond donors (Lipinski definition) is 2. The maximum atomic E-state index is 12.2. The molecule has 2 saturated heterocycles. The number of aryl methyl sites for hydroxylation is 1. The lowest BCUT2D eigenvalue weighted by Crippen LogP contribution is -2.62. The highest BCUT2D eigenvalue weighted by Gasteiger charge is 2.38. The van der Waals surface area contributed by atoms with Crippen LogP contribution in [0.15, 0.2) is 34.7 Å². The second kappa shape index (κ2) is 9.18. The van der Waals surface area contributed by atoms with E-state index in [-0.39, 0.29) is 29.8 Å². The summed E-state index contributed by atoms with van der Waals surface area (Å²) < 4.78 is 11.1. The van der Waals surface area contributed by atoms with Gasteiger partial charge in [-0.25, -0.2) is 4.98 Å². The highest BCUT2D eigenvalue weighted by molar-refractivity contribution is 6.33. The minimum Gasteiger partial charge on any atom is -0.480 e. The lowest BCUT2D eigenvalue weighted by Gasteiger charge is -2.48. The van der Waals surface area contributed by atoms with E-state index in [4.69, 9.17) is 20.8 Å². The number of piperidine rings is 1. The third kappa shape index (κ3) is 4.41. The summed E-state index contributed by atoms with van der Waals surface area (Å²) in [7, 11) is 1.55. The van der Waals surface area contributed by atoms with Crippen LogP contribution in [0.5, 0.6) is 5.88 Å². The van der Waals surface area contributed by atoms with Gasteiger partial charge in [-0.1, -0.05) is 22.8 Å². The van der Waals surface area contributed by atoms with Crippen molar-refractivity contribution in [2.24, 2.45) is 0 Å². The number of methoxy groups -OCH3 is 1. The molecule has 0 saturated carbocycles. The number of aromatic nitrogens is 3. The number of ether oxygens (including phenoxy) is 1. The van der Waals surface area contributed by atoms with Crippen molar-refractivity contribution in [3.63, 3.8) is 0 Å². The van der Waals surface area contributed by atoms with Crippen molar-refractivity contribution in [1.82, 2.24) is 20.5 Å². The molecule has 0 aliphatic carbocycles. The van der Waals surface area contributed by atoms with E-state index in [9.17, 15) is 9.59 Å². The predicted octanol–water partition coefficient (Wildman–Crippen LogP) is 3.31. The molecule has 2 amide bonds. The zero-order valence-corrected chi connectivity index (χ0v) is 20.3. The Bertz CT molecular complexity index is 1290. The number of hydrogen-bond acceptors (Lipinski definition) is 9. The lowest BCUT2D eigenvalue weighted by atomic mass is 9.90. The Labute approximate surface area is 207 Å². The number of benzene rings is 1. The van der Waals surface area contributed by atoms with Crippen molar-refractivity contribution in [1.29, 1.82) is 0 Å². The first-order chi connectivity index (χ1) is 16.8. The van der Waals surface area contributed by atoms with Gasteiger partial charge in [0.1, 0.15) is 5.56 Å². The maximum absolute atomic E-state index is 12.2. The molecule has 4 heterocycles. The molecule has 2 N–H and O–H groups in total. The maximum Gasteiger partial charge on any atom is 0.316 e. The molecule has 2 aliphatic heterocycles. The van der Waals surface area contributed by atoms with Crippen LogP contribution < -0.4 is 20.3 Å². The molecule has 3 aromatic rings. The minimum atomic E-state index is -0.364. The largest absolute Gasteiger partial charge is 0.480 e. The normalized spacial score (nSPS) is 21.9. The molecule has 1 unspecified atom stereocenters. The summed E-state index contributed by atoms with van der Waals surface area (Å²) >= 11 is 6.60. The van der Waals surface area contributed by atoms with Crippen molar-refractivity contribution in [3.05, 3.63) is 46.6 Å². The number of rotatable bonds is 6. The molecule has 35 heavy (non-hydrogen) atoms. The van der Waals surface area contributed by atoms with Gasteiger partial charge >= 0.3 is 6.01 Å². The van der Waals surface area contributed by atoms with Crippen LogP contribution in [0.2, 0.25) is 5.02 Å². The third-order valence-corrected chi connectivity index (χ3v) is 6.85. The van der Waals surface area contributed by atoms with Crippen molar-refractivity contribution >= 4 is 35.1 Å². The van der Waals surface area contributed by atoms with Crippen molar-refractivity contribution in [2.45, 2.75) is 44.7 Å². The highest BCUT2D eigenvalue weighted by Crippen LogP contribution is 2.37. The average molecular weight is 497 g/mol. The van der Waals surface area contributed by atoms with E-state index in [0.29, 0.717) is 47.8 Å². The fraction of sp³-hybridized carbons (Fsp3) is 0.375. The first-order valence-corrected chi connectivity index (χ1v) is 11.7. The van der Waals surface area contributed by atoms with Gasteiger partial charge in [-0.3, -0.25) is 14.9 Å². The van der Waals surface area contributed by atoms with Crippen molar-refractivity contribution in [2.75, 3.05) is 23.9 Å². The summed E-state index contributed by atoms with van der Waals surface area (Å²) in [6.45, 7) is 4.65. The van der Waals surface area contributed by atoms with Gasteiger partial charge in [0.15, 0.2) is 0 Å². The van der Waals surface area contributed by atoms with Gasteiger partial charge in [0.2, 0.25) is 17.7 Å². The molecular formula is C24H25ClN6O4. The second-order valence-electron chi connectivity index (χ2n) is 8.78. The fourth-order valence-electron chi connectivity index (χ4n) is 4.48. The molecule has 2 aliphatic rings. The molecule has 0 radical (unpaired) electrons. The van der Waals surface area contributed by atoms with Gasteiger partial charge in [-0.2, -0.15) is 0 Å². The van der Waals surface area contributed by atoms with E-state index in [1.807, 2.05) is 37.3 Å². The number of nitrogens with zero attached hydrogens (tertiary/aromatic N) is 4. The molecule has 1 aromatic carbocycles. The SMILES string of the molecule is COc1nc(C)ccc1-c1nnc(N[C@H]2CN(c3ccc(C4CCC(=O)NC4=O)cc3Cl)[C@@H]2C)o1. The van der Waals surface area contributed by atoms with Gasteiger partial charge in [0.05, 0.1) is 29.8 Å². The summed E-state index contributed by atoms with van der Waals surface area (Å²) in [5.74, 6) is -0.113. The van der Waals surface area contributed by atoms with Crippen LogP contribution in [0.4, 0.5) is 11.7 Å². The van der Waals surface area contributed by atoms with E-state index >= 15 is 0 Å². The Hall–Kier alpha value is -3.66. The van der Waals surface area contributed by atoms with Crippen LogP contribution in [0.1, 0.15) is 36.9 Å². The molecular weight excluding hydrogens is 472 g/mol. The van der Waals surface area contributed by atoms with E-state index in [0.717, 1.165) is 16.9 Å². The quantitative estimate of drug-likeness (QED) is 0.495. The van der Waals surface area contributed by atoms with Crippen LogP contribution in [-0.4, -0.2) is 52.7 Å². The summed E-state index contributed by atoms with van der Waals surface area (Å²) in [5, 5.41) is 14.5. The number of imide groups is 1. The number of amides is 2. The molecule has 11 heteroatoms. The van der Waals surface area contributed by atoms with Gasteiger partial charge in [-0.15, -0.1) is 5.10 Å². The van der Waals surface area contributed by atoms with Gasteiger partial charge in [0, 0.05) is 24.7 Å². The number of carbonyl (C=O) groups excluding carboxylic acids is 2. The smallest absolute Gasteiger partial charge is 0.316 e. The summed E-state index contributed by atoms with van der Waals surface area (Å²) in [6, 6.07) is 9.85. The van der Waals surface area contributed by atoms with Gasteiger partial charge in [-0.05, 0) is 50.1 Å². The standard InChI is InChI=1S/C24H25ClN6O4/c1-12-4-6-16(22(26-12)34-3)23-29-30-24(35-23)27-18-11-31(13(18)2)19-8-5-14(10-17(19)25)15-7-9-20(32)28-21(15)33/h4-6,8,10,13,15,18H,7,9,11H2,1-3H3,(H,27,30)(H,28,32,33)/t13-,15?,18+/m1/s1. The number of pyridine rings is 1. The molecule has 2 fully saturated rings. The number of carbonyl (C=O) groups is 2. The molecule has 5 rings (SSSR count). The summed E-state index contributed by atoms with van der Waals surface area (Å²) in [6.07, 6.45) is 0.819. The first-order valence-electron chi connectivity index (χ1n) is 11.4. The van der Waals surface area contributed by atoms with Crippen LogP contribution in [0.25, 0.3) is 11.5 Å². The predicted molar refractivity (Wildman–Crippen MR) is 130 cm³/mol. The monoisotopic (exact) mass is 496 g/mol. The molecule has 182 valence electrons. The summed E-state index contributed by atoms with van der Waals surface area (Å²) in [5.41, 5.74) is 3.15. The van der Waals surface area contributed by atoms with Crippen LogP contribution >= 0.6 is 11.6 Å². The average Bonchev–Trinajstić information content (AvgIpc) is 3.30. The highest BCUT2D eigenvalue weighted by atomic mass is 35.5. The van der Waals surface area contributed by atoms with Crippen molar-refractivity contribution in [3.8, 4) is 17.3 Å². The number of halogens is 1. The Morgan fingerprint density at radius 3 is 2.77 bits per heavy atom. The summed E-state index contributed by atoms with van der Waals surface area (Å²) in [4.78, 5) is 30.1. The van der Waals surface area contributed by atoms with Crippen LogP contribution in [0.3, 0.4) is 0 Å². The zero-order valence-electron chi connectivity index (χ0n) is 19.5. The lowest BCUT2D eigenvalue weighted by molar-refractivity contribution is -0.134. The van der Waals surface area contributed by atoms with Crippen molar-refractivity contribution < 1.29 is 18.7 Å². The molecule has 3 atom stereocenters. The van der Waals surface area contributed by atoms with Gasteiger partial charge < -0.3 is 19.4 Å². The Kier molecular flexibility index (Phi) is 6.06. The Morgan fingerprint density at radius 1 is 1.23 bits per heavy atom. The molecule has 0 bridgehead atoms. The van der Waals surface area contributed by atoms with Gasteiger partial charge in [0.25, 0.3) is 5.89 Å².